The minimum Gasteiger partial charge on any atom is -0.311 e. The Bertz CT molecular complexity index is 355. The van der Waals surface area contributed by atoms with Crippen LogP contribution in [0.2, 0.25) is 0 Å². The summed E-state index contributed by atoms with van der Waals surface area (Å²) < 4.78 is 8.25. The maximum Gasteiger partial charge on any atom is 0.0915 e. The first-order valence-corrected chi connectivity index (χ1v) is 5.98. The van der Waals surface area contributed by atoms with Crippen molar-refractivity contribution in [2.75, 3.05) is 7.05 Å². The van der Waals surface area contributed by atoms with Gasteiger partial charge in [0.2, 0.25) is 0 Å². The Kier molecular flexibility index (Phi) is 3.23. The van der Waals surface area contributed by atoms with E-state index in [0.29, 0.717) is 0 Å². The van der Waals surface area contributed by atoms with Gasteiger partial charge < -0.3 is 5.32 Å². The van der Waals surface area contributed by atoms with Crippen molar-refractivity contribution in [3.05, 3.63) is 34.3 Å². The van der Waals surface area contributed by atoms with Crippen LogP contribution in [0.5, 0.6) is 0 Å². The van der Waals surface area contributed by atoms with Crippen LogP contribution in [0.15, 0.2) is 23.7 Å². The summed E-state index contributed by atoms with van der Waals surface area (Å²) in [6.07, 6.45) is 2.82. The quantitative estimate of drug-likeness (QED) is 0.866. The van der Waals surface area contributed by atoms with Crippen LogP contribution in [0.3, 0.4) is 0 Å². The molecule has 0 aromatic carbocycles. The van der Waals surface area contributed by atoms with E-state index in [-0.39, 0.29) is 6.04 Å². The zero-order valence-electron chi connectivity index (χ0n) is 7.80. The molecule has 74 valence electrons. The molecule has 0 aliphatic rings. The van der Waals surface area contributed by atoms with Crippen molar-refractivity contribution in [2.45, 2.75) is 12.5 Å². The molecule has 2 aromatic heterocycles. The van der Waals surface area contributed by atoms with Gasteiger partial charge in [-0.05, 0) is 18.5 Å². The third-order valence-corrected chi connectivity index (χ3v) is 3.46. The van der Waals surface area contributed by atoms with Crippen molar-refractivity contribution < 1.29 is 0 Å². The summed E-state index contributed by atoms with van der Waals surface area (Å²) in [6, 6.07) is 4.51. The maximum absolute atomic E-state index is 4.24. The number of hydrogen-bond donors (Lipinski definition) is 1. The fourth-order valence-corrected chi connectivity index (χ4v) is 2.53. The molecule has 0 bridgehead atoms. The smallest absolute Gasteiger partial charge is 0.0915 e. The topological polar surface area (TPSA) is 37.8 Å². The van der Waals surface area contributed by atoms with Gasteiger partial charge in [-0.1, -0.05) is 6.07 Å². The van der Waals surface area contributed by atoms with Gasteiger partial charge in [0.25, 0.3) is 0 Å². The van der Waals surface area contributed by atoms with Gasteiger partial charge in [0.15, 0.2) is 0 Å². The van der Waals surface area contributed by atoms with E-state index < -0.39 is 0 Å². The third kappa shape index (κ3) is 2.17. The van der Waals surface area contributed by atoms with E-state index in [0.717, 1.165) is 12.1 Å². The average Bonchev–Trinajstić information content (AvgIpc) is 2.86. The molecule has 3 nitrogen and oxygen atoms in total. The van der Waals surface area contributed by atoms with E-state index in [9.17, 15) is 0 Å². The summed E-state index contributed by atoms with van der Waals surface area (Å²) in [5.41, 5.74) is 1.03. The summed E-state index contributed by atoms with van der Waals surface area (Å²) in [5, 5.41) is 5.35. The third-order valence-electron chi connectivity index (χ3n) is 2.07. The first kappa shape index (κ1) is 9.76. The van der Waals surface area contributed by atoms with E-state index in [1.54, 1.807) is 11.3 Å². The van der Waals surface area contributed by atoms with Gasteiger partial charge in [-0.25, -0.2) is 0 Å². The molecule has 0 amide bonds. The summed E-state index contributed by atoms with van der Waals surface area (Å²) >= 11 is 3.04. The van der Waals surface area contributed by atoms with Crippen LogP contribution in [0.4, 0.5) is 0 Å². The predicted octanol–water partition coefficient (Wildman–Crippen LogP) is 2.10. The fraction of sp³-hybridized carbons (Fsp3) is 0.333. The molecule has 5 heteroatoms. The van der Waals surface area contributed by atoms with Crippen LogP contribution in [-0.2, 0) is 6.42 Å². The lowest BCUT2D eigenvalue weighted by Gasteiger charge is -2.11. The second kappa shape index (κ2) is 4.63. The Hall–Kier alpha value is -0.780. The first-order chi connectivity index (χ1) is 6.90. The SMILES string of the molecule is CNC(Cc1cccs1)c1cnsn1. The molecule has 0 saturated heterocycles. The van der Waals surface area contributed by atoms with Crippen molar-refractivity contribution in [2.24, 2.45) is 0 Å². The Balaban J connectivity index is 2.08. The van der Waals surface area contributed by atoms with E-state index in [1.807, 2.05) is 13.2 Å². The van der Waals surface area contributed by atoms with Crippen LogP contribution in [0.25, 0.3) is 0 Å². The summed E-state index contributed by atoms with van der Waals surface area (Å²) in [6.45, 7) is 0. The predicted molar refractivity (Wildman–Crippen MR) is 59.7 cm³/mol. The number of hydrogen-bond acceptors (Lipinski definition) is 5. The van der Waals surface area contributed by atoms with E-state index in [4.69, 9.17) is 0 Å². The number of rotatable bonds is 4. The molecule has 2 heterocycles. The second-order valence-electron chi connectivity index (χ2n) is 2.96. The molecule has 0 aliphatic heterocycles. The van der Waals surface area contributed by atoms with Crippen LogP contribution in [0, 0.1) is 0 Å². The van der Waals surface area contributed by atoms with E-state index in [2.05, 4.69) is 31.6 Å². The lowest BCUT2D eigenvalue weighted by molar-refractivity contribution is 0.585. The van der Waals surface area contributed by atoms with Crippen LogP contribution >= 0.6 is 23.1 Å². The van der Waals surface area contributed by atoms with Crippen molar-refractivity contribution in [3.63, 3.8) is 0 Å². The summed E-state index contributed by atoms with van der Waals surface area (Å²) in [7, 11) is 1.96. The Morgan fingerprint density at radius 2 is 2.50 bits per heavy atom. The summed E-state index contributed by atoms with van der Waals surface area (Å²) in [5.74, 6) is 0. The highest BCUT2D eigenvalue weighted by Gasteiger charge is 2.12. The van der Waals surface area contributed by atoms with Gasteiger partial charge >= 0.3 is 0 Å². The molecule has 2 aromatic rings. The Labute approximate surface area is 91.1 Å². The highest BCUT2D eigenvalue weighted by molar-refractivity contribution is 7.09. The maximum atomic E-state index is 4.24. The highest BCUT2D eigenvalue weighted by atomic mass is 32.1. The number of nitrogens with zero attached hydrogens (tertiary/aromatic N) is 2. The lowest BCUT2D eigenvalue weighted by Crippen LogP contribution is -2.18. The minimum absolute atomic E-state index is 0.285. The van der Waals surface area contributed by atoms with Crippen LogP contribution in [-0.4, -0.2) is 15.8 Å². The second-order valence-corrected chi connectivity index (χ2v) is 4.55. The van der Waals surface area contributed by atoms with Gasteiger partial charge in [0, 0.05) is 11.3 Å². The monoisotopic (exact) mass is 225 g/mol. The van der Waals surface area contributed by atoms with Crippen LogP contribution in [0.1, 0.15) is 16.6 Å². The Morgan fingerprint density at radius 1 is 1.57 bits per heavy atom. The molecule has 1 atom stereocenters. The molecule has 0 spiro atoms. The number of aromatic nitrogens is 2. The molecule has 2 rings (SSSR count). The fourth-order valence-electron chi connectivity index (χ4n) is 1.31. The number of nitrogens with one attached hydrogen (secondary N) is 1. The largest absolute Gasteiger partial charge is 0.311 e. The zero-order valence-corrected chi connectivity index (χ0v) is 9.44. The molecule has 0 saturated carbocycles. The Morgan fingerprint density at radius 3 is 3.07 bits per heavy atom. The van der Waals surface area contributed by atoms with E-state index >= 15 is 0 Å². The normalized spacial score (nSPS) is 12.9. The first-order valence-electron chi connectivity index (χ1n) is 4.37. The molecule has 1 N–H and O–H groups in total. The van der Waals surface area contributed by atoms with Gasteiger partial charge in [-0.15, -0.1) is 11.3 Å². The van der Waals surface area contributed by atoms with Crippen molar-refractivity contribution in [1.82, 2.24) is 14.1 Å². The van der Waals surface area contributed by atoms with Crippen molar-refractivity contribution in [3.8, 4) is 0 Å². The van der Waals surface area contributed by atoms with Gasteiger partial charge in [-0.3, -0.25) is 0 Å². The molecule has 1 unspecified atom stereocenters. The molecule has 0 fully saturated rings. The van der Waals surface area contributed by atoms with Crippen LogP contribution < -0.4 is 5.32 Å². The minimum atomic E-state index is 0.285. The zero-order chi connectivity index (χ0) is 9.80. The molecule has 0 radical (unpaired) electrons. The van der Waals surface area contributed by atoms with Gasteiger partial charge in [-0.2, -0.15) is 8.75 Å². The average molecular weight is 225 g/mol. The number of likely N-dealkylation sites (N-methyl/N-ethyl adjacent to an activating group) is 1. The standard InChI is InChI=1S/C9H11N3S2/c1-10-8(9-6-11-14-12-9)5-7-3-2-4-13-7/h2-4,6,8,10H,5H2,1H3. The number of thiophene rings is 1. The van der Waals surface area contributed by atoms with Gasteiger partial charge in [0.1, 0.15) is 0 Å². The van der Waals surface area contributed by atoms with Crippen molar-refractivity contribution >= 4 is 23.1 Å². The molecular weight excluding hydrogens is 214 g/mol. The van der Waals surface area contributed by atoms with Gasteiger partial charge in [0.05, 0.1) is 29.7 Å². The molecule has 0 aliphatic carbocycles. The molecule has 14 heavy (non-hydrogen) atoms. The van der Waals surface area contributed by atoms with Crippen molar-refractivity contribution in [1.29, 1.82) is 0 Å². The van der Waals surface area contributed by atoms with E-state index in [1.165, 1.54) is 16.6 Å². The molecular formula is C9H11N3S2. The lowest BCUT2D eigenvalue weighted by atomic mass is 10.1. The highest BCUT2D eigenvalue weighted by Crippen LogP contribution is 2.19. The summed E-state index contributed by atoms with van der Waals surface area (Å²) in [4.78, 5) is 1.37.